The Morgan fingerprint density at radius 3 is 2.58 bits per heavy atom. The molecule has 0 bridgehead atoms. The predicted octanol–water partition coefficient (Wildman–Crippen LogP) is 2.64. The van der Waals surface area contributed by atoms with Gasteiger partial charge in [0, 0.05) is 5.38 Å². The summed E-state index contributed by atoms with van der Waals surface area (Å²) < 4.78 is 0. The van der Waals surface area contributed by atoms with E-state index in [1.807, 2.05) is 19.2 Å². The molecule has 106 valence electrons. The van der Waals surface area contributed by atoms with E-state index in [2.05, 4.69) is 15.6 Å². The Bertz CT molecular complexity index is 473. The quantitative estimate of drug-likeness (QED) is 0.775. The number of carbonyl (C=O) groups excluding carboxylic acids is 1. The molecule has 3 N–H and O–H groups in total. The van der Waals surface area contributed by atoms with E-state index >= 15 is 0 Å². The van der Waals surface area contributed by atoms with Crippen LogP contribution in [0.15, 0.2) is 5.38 Å². The summed E-state index contributed by atoms with van der Waals surface area (Å²) in [5.41, 5.74) is -0.376. The van der Waals surface area contributed by atoms with Gasteiger partial charge in [-0.3, -0.25) is 5.32 Å². The van der Waals surface area contributed by atoms with Gasteiger partial charge in [-0.05, 0) is 19.3 Å². The number of anilines is 1. The lowest BCUT2D eigenvalue weighted by Gasteiger charge is -2.24. The molecule has 0 spiro atoms. The first-order valence-electron chi connectivity index (χ1n) is 6.06. The third kappa shape index (κ3) is 3.92. The van der Waals surface area contributed by atoms with Gasteiger partial charge in [0.05, 0.1) is 5.69 Å². The molecule has 1 atom stereocenters. The number of amides is 2. The second kappa shape index (κ2) is 6.01. The number of hydrogen-bond acceptors (Lipinski definition) is 4. The smallest absolute Gasteiger partial charge is 0.329 e. The van der Waals surface area contributed by atoms with Gasteiger partial charge in [-0.2, -0.15) is 0 Å². The maximum Gasteiger partial charge on any atom is 0.329 e. The molecular formula is C12H19N3O3S. The lowest BCUT2D eigenvalue weighted by atomic mass is 10.00. The van der Waals surface area contributed by atoms with Gasteiger partial charge in [0.15, 0.2) is 5.13 Å². The molecule has 7 heteroatoms. The van der Waals surface area contributed by atoms with Crippen molar-refractivity contribution < 1.29 is 14.7 Å². The van der Waals surface area contributed by atoms with E-state index in [1.165, 1.54) is 18.3 Å². The van der Waals surface area contributed by atoms with Crippen molar-refractivity contribution in [3.63, 3.8) is 0 Å². The average Bonchev–Trinajstić information content (AvgIpc) is 2.76. The predicted molar refractivity (Wildman–Crippen MR) is 74.7 cm³/mol. The van der Waals surface area contributed by atoms with Crippen molar-refractivity contribution >= 4 is 28.5 Å². The number of rotatable bonds is 5. The molecule has 0 radical (unpaired) electrons. The molecule has 0 saturated carbocycles. The molecule has 0 aliphatic carbocycles. The summed E-state index contributed by atoms with van der Waals surface area (Å²) in [5, 5.41) is 16.4. The first-order chi connectivity index (χ1) is 8.78. The average molecular weight is 285 g/mol. The van der Waals surface area contributed by atoms with Gasteiger partial charge in [0.1, 0.15) is 5.54 Å². The molecule has 0 aromatic carbocycles. The third-order valence-corrected chi connectivity index (χ3v) is 3.68. The number of urea groups is 1. The Morgan fingerprint density at radius 2 is 2.16 bits per heavy atom. The summed E-state index contributed by atoms with van der Waals surface area (Å²) >= 11 is 1.32. The molecule has 19 heavy (non-hydrogen) atoms. The van der Waals surface area contributed by atoms with Crippen LogP contribution in [0.5, 0.6) is 0 Å². The second-order valence-corrected chi connectivity index (χ2v) is 5.66. The molecule has 0 saturated heterocycles. The standard InChI is InChI=1S/C12H19N3O3S/c1-5-12(4,9(16)17)15-10(18)14-11-13-8(6-19-11)7(2)3/h6-7H,5H2,1-4H3,(H,16,17)(H2,13,14,15,18). The number of carboxylic acids is 1. The largest absolute Gasteiger partial charge is 0.480 e. The number of nitrogens with zero attached hydrogens (tertiary/aromatic N) is 1. The maximum atomic E-state index is 11.8. The van der Waals surface area contributed by atoms with Crippen LogP contribution in [0.4, 0.5) is 9.93 Å². The zero-order valence-electron chi connectivity index (χ0n) is 11.5. The Labute approximate surface area is 116 Å². The van der Waals surface area contributed by atoms with Crippen LogP contribution in [-0.2, 0) is 4.79 Å². The normalized spacial score (nSPS) is 13.9. The van der Waals surface area contributed by atoms with E-state index in [1.54, 1.807) is 6.92 Å². The topological polar surface area (TPSA) is 91.3 Å². The molecule has 1 heterocycles. The lowest BCUT2D eigenvalue weighted by Crippen LogP contribution is -2.53. The SMILES string of the molecule is CCC(C)(NC(=O)Nc1nc(C(C)C)cs1)C(=O)O. The van der Waals surface area contributed by atoms with Crippen LogP contribution in [0.1, 0.15) is 45.7 Å². The van der Waals surface area contributed by atoms with Gasteiger partial charge in [-0.1, -0.05) is 20.8 Å². The van der Waals surface area contributed by atoms with Crippen molar-refractivity contribution in [3.8, 4) is 0 Å². The van der Waals surface area contributed by atoms with E-state index in [4.69, 9.17) is 5.11 Å². The molecule has 1 rings (SSSR count). The maximum absolute atomic E-state index is 11.8. The number of hydrogen-bond donors (Lipinski definition) is 3. The van der Waals surface area contributed by atoms with E-state index in [0.717, 1.165) is 5.69 Å². The molecule has 6 nitrogen and oxygen atoms in total. The molecule has 1 aromatic rings. The van der Waals surface area contributed by atoms with Crippen molar-refractivity contribution in [1.82, 2.24) is 10.3 Å². The minimum atomic E-state index is -1.28. The highest BCUT2D eigenvalue weighted by atomic mass is 32.1. The van der Waals surface area contributed by atoms with Gasteiger partial charge in [-0.25, -0.2) is 14.6 Å². The highest BCUT2D eigenvalue weighted by molar-refractivity contribution is 7.13. The van der Waals surface area contributed by atoms with Crippen molar-refractivity contribution in [2.45, 2.75) is 45.6 Å². The Hall–Kier alpha value is -1.63. The van der Waals surface area contributed by atoms with Gasteiger partial charge in [0.25, 0.3) is 0 Å². The number of nitrogens with one attached hydrogen (secondary N) is 2. The zero-order valence-corrected chi connectivity index (χ0v) is 12.3. The number of aromatic nitrogens is 1. The molecule has 0 aliphatic rings. The summed E-state index contributed by atoms with van der Waals surface area (Å²) in [6.45, 7) is 7.19. The van der Waals surface area contributed by atoms with Gasteiger partial charge in [-0.15, -0.1) is 11.3 Å². The molecule has 1 aromatic heterocycles. The van der Waals surface area contributed by atoms with Crippen molar-refractivity contribution in [2.24, 2.45) is 0 Å². The van der Waals surface area contributed by atoms with E-state index < -0.39 is 17.5 Å². The number of carbonyl (C=O) groups is 2. The molecule has 1 unspecified atom stereocenters. The zero-order chi connectivity index (χ0) is 14.6. The van der Waals surface area contributed by atoms with Crippen LogP contribution in [0.3, 0.4) is 0 Å². The number of carboxylic acid groups (broad SMARTS) is 1. The first-order valence-corrected chi connectivity index (χ1v) is 6.94. The summed E-state index contributed by atoms with van der Waals surface area (Å²) in [5.74, 6) is -0.776. The lowest BCUT2D eigenvalue weighted by molar-refractivity contribution is -0.143. The van der Waals surface area contributed by atoms with E-state index in [0.29, 0.717) is 11.6 Å². The fourth-order valence-electron chi connectivity index (χ4n) is 1.28. The molecule has 0 fully saturated rings. The van der Waals surface area contributed by atoms with Crippen molar-refractivity contribution in [1.29, 1.82) is 0 Å². The fourth-order valence-corrected chi connectivity index (χ4v) is 2.15. The summed E-state index contributed by atoms with van der Waals surface area (Å²) in [4.78, 5) is 27.1. The molecule has 2 amide bonds. The monoisotopic (exact) mass is 285 g/mol. The fraction of sp³-hybridized carbons (Fsp3) is 0.583. The summed E-state index contributed by atoms with van der Waals surface area (Å²) in [6, 6.07) is -0.559. The third-order valence-electron chi connectivity index (χ3n) is 2.90. The van der Waals surface area contributed by atoms with Crippen molar-refractivity contribution in [2.75, 3.05) is 5.32 Å². The second-order valence-electron chi connectivity index (χ2n) is 4.80. The highest BCUT2D eigenvalue weighted by Gasteiger charge is 2.32. The Balaban J connectivity index is 2.67. The van der Waals surface area contributed by atoms with E-state index in [9.17, 15) is 9.59 Å². The van der Waals surface area contributed by atoms with E-state index in [-0.39, 0.29) is 5.92 Å². The number of thiazole rings is 1. The van der Waals surface area contributed by atoms with Crippen molar-refractivity contribution in [3.05, 3.63) is 11.1 Å². The molecular weight excluding hydrogens is 266 g/mol. The van der Waals surface area contributed by atoms with Crippen LogP contribution in [0, 0.1) is 0 Å². The van der Waals surface area contributed by atoms with Gasteiger partial charge < -0.3 is 10.4 Å². The van der Waals surface area contributed by atoms with Crippen LogP contribution in [0.25, 0.3) is 0 Å². The molecule has 0 aliphatic heterocycles. The van der Waals surface area contributed by atoms with Gasteiger partial charge >= 0.3 is 12.0 Å². The Kier molecular flexibility index (Phi) is 4.88. The van der Waals surface area contributed by atoms with Crippen LogP contribution in [-0.4, -0.2) is 27.6 Å². The first kappa shape index (κ1) is 15.4. The summed E-state index contributed by atoms with van der Waals surface area (Å²) in [7, 11) is 0. The number of aliphatic carboxylic acids is 1. The highest BCUT2D eigenvalue weighted by Crippen LogP contribution is 2.21. The van der Waals surface area contributed by atoms with Crippen LogP contribution < -0.4 is 10.6 Å². The Morgan fingerprint density at radius 1 is 1.53 bits per heavy atom. The van der Waals surface area contributed by atoms with Crippen LogP contribution in [0.2, 0.25) is 0 Å². The van der Waals surface area contributed by atoms with Gasteiger partial charge in [0.2, 0.25) is 0 Å². The summed E-state index contributed by atoms with van der Waals surface area (Å²) in [6.07, 6.45) is 0.296. The minimum absolute atomic E-state index is 0.287. The minimum Gasteiger partial charge on any atom is -0.480 e. The van der Waals surface area contributed by atoms with Crippen LogP contribution >= 0.6 is 11.3 Å².